The SMILES string of the molecule is Cc1ccc(NC(C)c2cc3ccccc3o2)cc1NS(C)(=O)=O. The average Bonchev–Trinajstić information content (AvgIpc) is 2.93. The molecule has 0 saturated carbocycles. The van der Waals surface area contributed by atoms with Crippen LogP contribution in [0.2, 0.25) is 0 Å². The van der Waals surface area contributed by atoms with Crippen LogP contribution in [-0.2, 0) is 10.0 Å². The Balaban J connectivity index is 1.83. The summed E-state index contributed by atoms with van der Waals surface area (Å²) in [6.45, 7) is 3.86. The number of rotatable bonds is 5. The minimum Gasteiger partial charge on any atom is -0.459 e. The van der Waals surface area contributed by atoms with Crippen LogP contribution in [0, 0.1) is 6.92 Å². The van der Waals surface area contributed by atoms with Gasteiger partial charge >= 0.3 is 0 Å². The lowest BCUT2D eigenvalue weighted by Gasteiger charge is -2.15. The third kappa shape index (κ3) is 3.71. The average molecular weight is 344 g/mol. The van der Waals surface area contributed by atoms with Crippen molar-refractivity contribution in [2.45, 2.75) is 19.9 Å². The topological polar surface area (TPSA) is 71.3 Å². The first-order chi connectivity index (χ1) is 11.3. The molecule has 126 valence electrons. The Labute approximate surface area is 141 Å². The van der Waals surface area contributed by atoms with Gasteiger partial charge in [0, 0.05) is 11.1 Å². The molecule has 0 aliphatic heterocycles. The molecule has 0 aliphatic carbocycles. The highest BCUT2D eigenvalue weighted by molar-refractivity contribution is 7.92. The molecule has 24 heavy (non-hydrogen) atoms. The van der Waals surface area contributed by atoms with Crippen molar-refractivity contribution in [3.05, 3.63) is 59.9 Å². The van der Waals surface area contributed by atoms with Crippen LogP contribution in [-0.4, -0.2) is 14.7 Å². The van der Waals surface area contributed by atoms with Gasteiger partial charge in [0.25, 0.3) is 0 Å². The summed E-state index contributed by atoms with van der Waals surface area (Å²) in [6, 6.07) is 15.4. The number of furan rings is 1. The van der Waals surface area contributed by atoms with Crippen molar-refractivity contribution in [3.8, 4) is 0 Å². The predicted molar refractivity (Wildman–Crippen MR) is 97.9 cm³/mol. The molecule has 1 aromatic heterocycles. The molecule has 2 N–H and O–H groups in total. The molecule has 1 unspecified atom stereocenters. The zero-order chi connectivity index (χ0) is 17.3. The summed E-state index contributed by atoms with van der Waals surface area (Å²) in [4.78, 5) is 0. The highest BCUT2D eigenvalue weighted by Gasteiger charge is 2.12. The van der Waals surface area contributed by atoms with Gasteiger partial charge in [-0.3, -0.25) is 4.72 Å². The molecule has 2 aromatic carbocycles. The second kappa shape index (κ2) is 6.20. The number of anilines is 2. The van der Waals surface area contributed by atoms with Crippen LogP contribution in [0.15, 0.2) is 52.9 Å². The molecule has 0 fully saturated rings. The van der Waals surface area contributed by atoms with Crippen LogP contribution in [0.5, 0.6) is 0 Å². The number of fused-ring (bicyclic) bond motifs is 1. The minimum atomic E-state index is -3.31. The van der Waals surface area contributed by atoms with Crippen molar-refractivity contribution < 1.29 is 12.8 Å². The molecule has 3 aromatic rings. The summed E-state index contributed by atoms with van der Waals surface area (Å²) in [5, 5.41) is 4.40. The van der Waals surface area contributed by atoms with E-state index in [9.17, 15) is 8.42 Å². The molecular weight excluding hydrogens is 324 g/mol. The van der Waals surface area contributed by atoms with E-state index in [4.69, 9.17) is 4.42 Å². The molecular formula is C18H20N2O3S. The number of hydrogen-bond donors (Lipinski definition) is 2. The number of para-hydroxylation sites is 1. The van der Waals surface area contributed by atoms with Crippen molar-refractivity contribution in [3.63, 3.8) is 0 Å². The summed E-state index contributed by atoms with van der Waals surface area (Å²) in [5.74, 6) is 0.828. The van der Waals surface area contributed by atoms with Crippen molar-refractivity contribution in [2.24, 2.45) is 0 Å². The summed E-state index contributed by atoms with van der Waals surface area (Å²) in [7, 11) is -3.31. The van der Waals surface area contributed by atoms with Gasteiger partial charge in [-0.2, -0.15) is 0 Å². The first-order valence-corrected chi connectivity index (χ1v) is 9.54. The van der Waals surface area contributed by atoms with E-state index in [-0.39, 0.29) is 6.04 Å². The molecule has 1 heterocycles. The lowest BCUT2D eigenvalue weighted by atomic mass is 10.1. The van der Waals surface area contributed by atoms with E-state index < -0.39 is 10.0 Å². The third-order valence-electron chi connectivity index (χ3n) is 3.79. The molecule has 0 aliphatic rings. The van der Waals surface area contributed by atoms with Crippen molar-refractivity contribution in [1.82, 2.24) is 0 Å². The molecule has 6 heteroatoms. The number of hydrogen-bond acceptors (Lipinski definition) is 4. The van der Waals surface area contributed by atoms with Gasteiger partial charge < -0.3 is 9.73 Å². The van der Waals surface area contributed by atoms with Crippen LogP contribution in [0.25, 0.3) is 11.0 Å². The maximum Gasteiger partial charge on any atom is 0.229 e. The normalized spacial score (nSPS) is 13.0. The Bertz CT molecular complexity index is 944. The number of benzene rings is 2. The fourth-order valence-corrected chi connectivity index (χ4v) is 3.18. The monoisotopic (exact) mass is 344 g/mol. The predicted octanol–water partition coefficient (Wildman–Crippen LogP) is 4.29. The largest absolute Gasteiger partial charge is 0.459 e. The van der Waals surface area contributed by atoms with Crippen molar-refractivity contribution >= 4 is 32.4 Å². The van der Waals surface area contributed by atoms with Gasteiger partial charge in [-0.1, -0.05) is 24.3 Å². The zero-order valence-electron chi connectivity index (χ0n) is 13.8. The fraction of sp³-hybridized carbons (Fsp3) is 0.222. The van der Waals surface area contributed by atoms with Crippen LogP contribution >= 0.6 is 0 Å². The standard InChI is InChI=1S/C18H20N2O3S/c1-12-8-9-15(11-16(12)20-24(3,21)22)19-13(2)18-10-14-6-4-5-7-17(14)23-18/h4-11,13,19-20H,1-3H3. The second-order valence-corrected chi connectivity index (χ2v) is 7.71. The van der Waals surface area contributed by atoms with E-state index in [0.717, 1.165) is 34.2 Å². The van der Waals surface area contributed by atoms with Crippen molar-refractivity contribution in [1.29, 1.82) is 0 Å². The highest BCUT2D eigenvalue weighted by Crippen LogP contribution is 2.28. The van der Waals surface area contributed by atoms with E-state index in [1.54, 1.807) is 6.07 Å². The van der Waals surface area contributed by atoms with Gasteiger partial charge in [-0.15, -0.1) is 0 Å². The van der Waals surface area contributed by atoms with E-state index in [1.165, 1.54) is 0 Å². The van der Waals surface area contributed by atoms with Gasteiger partial charge in [0.2, 0.25) is 10.0 Å². The first kappa shape index (κ1) is 16.4. The molecule has 0 radical (unpaired) electrons. The third-order valence-corrected chi connectivity index (χ3v) is 4.38. The van der Waals surface area contributed by atoms with E-state index in [1.807, 2.05) is 56.3 Å². The molecule has 1 atom stereocenters. The zero-order valence-corrected chi connectivity index (χ0v) is 14.6. The van der Waals surface area contributed by atoms with Gasteiger partial charge in [0.05, 0.1) is 18.0 Å². The smallest absolute Gasteiger partial charge is 0.229 e. The fourth-order valence-electron chi connectivity index (χ4n) is 2.56. The van der Waals surface area contributed by atoms with E-state index in [0.29, 0.717) is 5.69 Å². The summed E-state index contributed by atoms with van der Waals surface area (Å²) in [6.07, 6.45) is 1.14. The maximum absolute atomic E-state index is 11.5. The van der Waals surface area contributed by atoms with Crippen LogP contribution < -0.4 is 10.0 Å². The van der Waals surface area contributed by atoms with Gasteiger partial charge in [0.1, 0.15) is 11.3 Å². The van der Waals surface area contributed by atoms with Crippen molar-refractivity contribution in [2.75, 3.05) is 16.3 Å². The number of nitrogens with one attached hydrogen (secondary N) is 2. The highest BCUT2D eigenvalue weighted by atomic mass is 32.2. The minimum absolute atomic E-state index is 0.0498. The first-order valence-electron chi connectivity index (χ1n) is 7.65. The van der Waals surface area contributed by atoms with Gasteiger partial charge in [-0.05, 0) is 43.7 Å². The molecule has 0 bridgehead atoms. The molecule has 0 amide bonds. The quantitative estimate of drug-likeness (QED) is 0.724. The van der Waals surface area contributed by atoms with Crippen LogP contribution in [0.4, 0.5) is 11.4 Å². The molecule has 0 spiro atoms. The lowest BCUT2D eigenvalue weighted by molar-refractivity contribution is 0.526. The van der Waals surface area contributed by atoms with Gasteiger partial charge in [0.15, 0.2) is 0 Å². The molecule has 0 saturated heterocycles. The van der Waals surface area contributed by atoms with E-state index >= 15 is 0 Å². The lowest BCUT2D eigenvalue weighted by Crippen LogP contribution is -2.11. The van der Waals surface area contributed by atoms with Gasteiger partial charge in [-0.25, -0.2) is 8.42 Å². The molecule has 3 rings (SSSR count). The Morgan fingerprint density at radius 3 is 2.54 bits per heavy atom. The maximum atomic E-state index is 11.5. The Hall–Kier alpha value is -2.47. The Morgan fingerprint density at radius 1 is 1.08 bits per heavy atom. The molecule has 5 nitrogen and oxygen atoms in total. The summed E-state index contributed by atoms with van der Waals surface area (Å²) < 4.78 is 31.3. The summed E-state index contributed by atoms with van der Waals surface area (Å²) in [5.41, 5.74) is 3.10. The number of sulfonamides is 1. The number of aryl methyl sites for hydroxylation is 1. The Morgan fingerprint density at radius 2 is 1.83 bits per heavy atom. The summed E-state index contributed by atoms with van der Waals surface area (Å²) >= 11 is 0. The second-order valence-electron chi connectivity index (χ2n) is 5.96. The van der Waals surface area contributed by atoms with Crippen LogP contribution in [0.3, 0.4) is 0 Å². The van der Waals surface area contributed by atoms with Crippen LogP contribution in [0.1, 0.15) is 24.3 Å². The Kier molecular flexibility index (Phi) is 4.24. The van der Waals surface area contributed by atoms with E-state index in [2.05, 4.69) is 10.0 Å².